The van der Waals surface area contributed by atoms with E-state index in [9.17, 15) is 17.2 Å². The van der Waals surface area contributed by atoms with Crippen molar-refractivity contribution in [1.29, 1.82) is 0 Å². The first-order chi connectivity index (χ1) is 7.27. The van der Waals surface area contributed by atoms with Crippen LogP contribution >= 0.6 is 11.6 Å². The van der Waals surface area contributed by atoms with Gasteiger partial charge in [0.15, 0.2) is 15.9 Å². The predicted octanol–water partition coefficient (Wildman–Crippen LogP) is 1.33. The Morgan fingerprint density at radius 2 is 2.12 bits per heavy atom. The summed E-state index contributed by atoms with van der Waals surface area (Å²) in [5.74, 6) is -0.149. The lowest BCUT2D eigenvalue weighted by atomic mass is 10.3. The standard InChI is InChI=1S/C7H7ClF2N2O3S/c1-15-4-2-3(6(9)10)7(12-5(4)8)16(11,13)14/h2,6H,1H3,(H2,11,13,14). The van der Waals surface area contributed by atoms with Gasteiger partial charge in [-0.2, -0.15) is 0 Å². The topological polar surface area (TPSA) is 82.3 Å². The smallest absolute Gasteiger partial charge is 0.266 e. The average Bonchev–Trinajstić information content (AvgIpc) is 2.15. The second-order valence-corrected chi connectivity index (χ2v) is 4.56. The van der Waals surface area contributed by atoms with Gasteiger partial charge in [-0.15, -0.1) is 0 Å². The van der Waals surface area contributed by atoms with E-state index in [0.717, 1.165) is 6.07 Å². The molecule has 0 fully saturated rings. The van der Waals surface area contributed by atoms with Gasteiger partial charge in [-0.3, -0.25) is 0 Å². The van der Waals surface area contributed by atoms with Crippen LogP contribution in [-0.2, 0) is 10.0 Å². The van der Waals surface area contributed by atoms with E-state index in [2.05, 4.69) is 9.72 Å². The first-order valence-electron chi connectivity index (χ1n) is 3.82. The molecule has 1 aromatic heterocycles. The molecule has 0 spiro atoms. The van der Waals surface area contributed by atoms with Gasteiger partial charge in [0.2, 0.25) is 0 Å². The van der Waals surface area contributed by atoms with E-state index in [4.69, 9.17) is 16.7 Å². The molecule has 0 aromatic carbocycles. The zero-order chi connectivity index (χ0) is 12.5. The molecule has 9 heteroatoms. The Labute approximate surface area is 95.2 Å². The molecule has 0 aliphatic carbocycles. The van der Waals surface area contributed by atoms with Crippen molar-refractivity contribution in [3.05, 3.63) is 16.8 Å². The molecule has 5 nitrogen and oxygen atoms in total. The molecule has 1 heterocycles. The SMILES string of the molecule is COc1cc(C(F)F)c(S(N)(=O)=O)nc1Cl. The molecule has 1 aromatic rings. The molecule has 0 radical (unpaired) electrons. The number of nitrogens with zero attached hydrogens (tertiary/aromatic N) is 1. The molecule has 0 saturated carbocycles. The molecule has 0 saturated heterocycles. The van der Waals surface area contributed by atoms with Gasteiger partial charge in [0.1, 0.15) is 0 Å². The fraction of sp³-hybridized carbons (Fsp3) is 0.286. The minimum atomic E-state index is -4.36. The third-order valence-electron chi connectivity index (χ3n) is 1.66. The van der Waals surface area contributed by atoms with Gasteiger partial charge >= 0.3 is 0 Å². The van der Waals surface area contributed by atoms with Crippen molar-refractivity contribution in [2.75, 3.05) is 7.11 Å². The largest absolute Gasteiger partial charge is 0.494 e. The van der Waals surface area contributed by atoms with E-state index < -0.39 is 27.0 Å². The van der Waals surface area contributed by atoms with E-state index in [1.807, 2.05) is 0 Å². The molecule has 0 aliphatic heterocycles. The Hall–Kier alpha value is -0.990. The van der Waals surface area contributed by atoms with E-state index in [-0.39, 0.29) is 10.9 Å². The number of methoxy groups -OCH3 is 1. The van der Waals surface area contributed by atoms with Gasteiger partial charge in [-0.1, -0.05) is 11.6 Å². The van der Waals surface area contributed by atoms with Crippen molar-refractivity contribution in [2.24, 2.45) is 5.14 Å². The maximum Gasteiger partial charge on any atom is 0.266 e. The summed E-state index contributed by atoms with van der Waals surface area (Å²) in [6.07, 6.45) is -3.05. The highest BCUT2D eigenvalue weighted by Gasteiger charge is 2.25. The van der Waals surface area contributed by atoms with Gasteiger partial charge in [0.05, 0.1) is 12.7 Å². The number of ether oxygens (including phenoxy) is 1. The molecule has 0 amide bonds. The van der Waals surface area contributed by atoms with Gasteiger partial charge in [0, 0.05) is 0 Å². The van der Waals surface area contributed by atoms with Crippen LogP contribution in [0.4, 0.5) is 8.78 Å². The van der Waals surface area contributed by atoms with Crippen molar-refractivity contribution in [1.82, 2.24) is 4.98 Å². The number of pyridine rings is 1. The average molecular weight is 273 g/mol. The van der Waals surface area contributed by atoms with Crippen LogP contribution in [0, 0.1) is 0 Å². The molecular formula is C7H7ClF2N2O3S. The lowest BCUT2D eigenvalue weighted by molar-refractivity contribution is 0.146. The molecular weight excluding hydrogens is 266 g/mol. The van der Waals surface area contributed by atoms with Gasteiger partial charge in [0.25, 0.3) is 16.4 Å². The highest BCUT2D eigenvalue weighted by molar-refractivity contribution is 7.89. The predicted molar refractivity (Wildman–Crippen MR) is 52.1 cm³/mol. The first-order valence-corrected chi connectivity index (χ1v) is 5.75. The molecule has 90 valence electrons. The number of hydrogen-bond donors (Lipinski definition) is 1. The number of hydrogen-bond acceptors (Lipinski definition) is 4. The summed E-state index contributed by atoms with van der Waals surface area (Å²) in [5.41, 5.74) is -0.844. The van der Waals surface area contributed by atoms with Crippen molar-refractivity contribution in [2.45, 2.75) is 11.5 Å². The first kappa shape index (κ1) is 13.1. The van der Waals surface area contributed by atoms with Gasteiger partial charge < -0.3 is 4.74 Å². The monoisotopic (exact) mass is 272 g/mol. The Balaban J connectivity index is 3.55. The zero-order valence-electron chi connectivity index (χ0n) is 7.95. The Morgan fingerprint density at radius 3 is 2.50 bits per heavy atom. The van der Waals surface area contributed by atoms with Crippen LogP contribution in [0.2, 0.25) is 5.15 Å². The van der Waals surface area contributed by atoms with Crippen LogP contribution < -0.4 is 9.88 Å². The van der Waals surface area contributed by atoms with Crippen molar-refractivity contribution in [3.63, 3.8) is 0 Å². The molecule has 1 rings (SSSR count). The summed E-state index contributed by atoms with van der Waals surface area (Å²) < 4.78 is 51.7. The van der Waals surface area contributed by atoms with E-state index >= 15 is 0 Å². The zero-order valence-corrected chi connectivity index (χ0v) is 9.52. The van der Waals surface area contributed by atoms with Crippen LogP contribution in [0.5, 0.6) is 5.75 Å². The lowest BCUT2D eigenvalue weighted by Crippen LogP contribution is -2.17. The van der Waals surface area contributed by atoms with Crippen molar-refractivity contribution >= 4 is 21.6 Å². The van der Waals surface area contributed by atoms with Crippen LogP contribution in [0.25, 0.3) is 0 Å². The van der Waals surface area contributed by atoms with Gasteiger partial charge in [-0.25, -0.2) is 27.3 Å². The number of nitrogens with two attached hydrogens (primary N) is 1. The van der Waals surface area contributed by atoms with E-state index in [1.54, 1.807) is 0 Å². The highest BCUT2D eigenvalue weighted by atomic mass is 35.5. The minimum absolute atomic E-state index is 0.149. The molecule has 2 N–H and O–H groups in total. The van der Waals surface area contributed by atoms with Crippen LogP contribution in [-0.4, -0.2) is 20.5 Å². The van der Waals surface area contributed by atoms with Crippen molar-refractivity contribution in [3.8, 4) is 5.75 Å². The number of aromatic nitrogens is 1. The maximum absolute atomic E-state index is 12.5. The molecule has 0 aliphatic rings. The third-order valence-corrected chi connectivity index (χ3v) is 2.80. The van der Waals surface area contributed by atoms with Crippen LogP contribution in [0.3, 0.4) is 0 Å². The fourth-order valence-electron chi connectivity index (χ4n) is 0.999. The third kappa shape index (κ3) is 2.57. The van der Waals surface area contributed by atoms with Crippen LogP contribution in [0.15, 0.2) is 11.1 Å². The summed E-state index contributed by atoms with van der Waals surface area (Å²) in [4.78, 5) is 3.28. The number of sulfonamides is 1. The molecule has 0 atom stereocenters. The fourth-order valence-corrected chi connectivity index (χ4v) is 1.96. The summed E-state index contributed by atoms with van der Waals surface area (Å²) >= 11 is 5.51. The van der Waals surface area contributed by atoms with Crippen LogP contribution in [0.1, 0.15) is 12.0 Å². The summed E-state index contributed by atoms with van der Waals surface area (Å²) in [5, 5.41) is 3.43. The highest BCUT2D eigenvalue weighted by Crippen LogP contribution is 2.32. The maximum atomic E-state index is 12.5. The van der Waals surface area contributed by atoms with Gasteiger partial charge in [-0.05, 0) is 6.07 Å². The molecule has 0 unspecified atom stereocenters. The quantitative estimate of drug-likeness (QED) is 0.842. The number of alkyl halides is 2. The Bertz CT molecular complexity index is 507. The number of rotatable bonds is 3. The normalized spacial score (nSPS) is 11.9. The number of halogens is 3. The van der Waals surface area contributed by atoms with E-state index in [0.29, 0.717) is 0 Å². The second kappa shape index (κ2) is 4.48. The summed E-state index contributed by atoms with van der Waals surface area (Å²) in [6, 6.07) is 0.791. The summed E-state index contributed by atoms with van der Waals surface area (Å²) in [7, 11) is -3.17. The summed E-state index contributed by atoms with van der Waals surface area (Å²) in [6.45, 7) is 0. The molecule has 0 bridgehead atoms. The minimum Gasteiger partial charge on any atom is -0.494 e. The number of primary sulfonamides is 1. The Kier molecular flexibility index (Phi) is 3.66. The molecule has 16 heavy (non-hydrogen) atoms. The second-order valence-electron chi connectivity index (χ2n) is 2.72. The van der Waals surface area contributed by atoms with Crippen molar-refractivity contribution < 1.29 is 21.9 Å². The van der Waals surface area contributed by atoms with E-state index in [1.165, 1.54) is 7.11 Å². The Morgan fingerprint density at radius 1 is 1.56 bits per heavy atom. The lowest BCUT2D eigenvalue weighted by Gasteiger charge is -2.09.